The lowest BCUT2D eigenvalue weighted by molar-refractivity contribution is 0.533. The van der Waals surface area contributed by atoms with Gasteiger partial charge in [0.1, 0.15) is 11.6 Å². The summed E-state index contributed by atoms with van der Waals surface area (Å²) in [5.41, 5.74) is 3.54. The van der Waals surface area contributed by atoms with Crippen LogP contribution >= 0.6 is 0 Å². The van der Waals surface area contributed by atoms with Crippen molar-refractivity contribution in [2.24, 2.45) is 0 Å². The molecule has 0 aromatic heterocycles. The fraction of sp³-hybridized carbons (Fsp3) is 0.333. The monoisotopic (exact) mass is 289 g/mol. The summed E-state index contributed by atoms with van der Waals surface area (Å²) in [6.07, 6.45) is 0.929. The molecule has 1 atom stereocenters. The second kappa shape index (κ2) is 6.81. The van der Waals surface area contributed by atoms with E-state index in [4.69, 9.17) is 0 Å². The van der Waals surface area contributed by atoms with Gasteiger partial charge in [0.25, 0.3) is 0 Å². The number of halogens is 2. The summed E-state index contributed by atoms with van der Waals surface area (Å²) in [4.78, 5) is 0. The molecule has 0 aliphatic heterocycles. The zero-order chi connectivity index (χ0) is 15.4. The van der Waals surface area contributed by atoms with Crippen molar-refractivity contribution in [2.75, 3.05) is 6.54 Å². The topological polar surface area (TPSA) is 12.0 Å². The molecule has 2 rings (SSSR count). The second-order valence-electron chi connectivity index (χ2n) is 5.36. The van der Waals surface area contributed by atoms with Gasteiger partial charge in [-0.05, 0) is 61.7 Å². The van der Waals surface area contributed by atoms with Crippen LogP contribution in [0.4, 0.5) is 8.78 Å². The molecule has 0 heterocycles. The van der Waals surface area contributed by atoms with E-state index < -0.39 is 5.82 Å². The Bertz CT molecular complexity index is 602. The Hall–Kier alpha value is -1.74. The van der Waals surface area contributed by atoms with E-state index in [1.807, 2.05) is 32.0 Å². The van der Waals surface area contributed by atoms with E-state index in [9.17, 15) is 8.78 Å². The Balaban J connectivity index is 2.55. The van der Waals surface area contributed by atoms with Gasteiger partial charge in [-0.25, -0.2) is 8.78 Å². The largest absolute Gasteiger partial charge is 0.306 e. The highest BCUT2D eigenvalue weighted by atomic mass is 19.1. The zero-order valence-corrected chi connectivity index (χ0v) is 12.7. The van der Waals surface area contributed by atoms with Gasteiger partial charge in [-0.15, -0.1) is 0 Å². The number of aryl methyl sites for hydroxylation is 2. The van der Waals surface area contributed by atoms with Gasteiger partial charge < -0.3 is 5.32 Å². The molecule has 2 aromatic rings. The van der Waals surface area contributed by atoms with E-state index >= 15 is 0 Å². The Labute approximate surface area is 125 Å². The van der Waals surface area contributed by atoms with Crippen molar-refractivity contribution in [1.82, 2.24) is 5.32 Å². The van der Waals surface area contributed by atoms with E-state index in [0.717, 1.165) is 35.7 Å². The summed E-state index contributed by atoms with van der Waals surface area (Å²) >= 11 is 0. The van der Waals surface area contributed by atoms with Crippen molar-refractivity contribution in [1.29, 1.82) is 0 Å². The van der Waals surface area contributed by atoms with Crippen LogP contribution in [-0.4, -0.2) is 6.54 Å². The van der Waals surface area contributed by atoms with E-state index in [-0.39, 0.29) is 11.9 Å². The summed E-state index contributed by atoms with van der Waals surface area (Å²) in [6, 6.07) is 9.28. The van der Waals surface area contributed by atoms with Crippen molar-refractivity contribution < 1.29 is 8.78 Å². The molecular formula is C18H21F2N. The van der Waals surface area contributed by atoms with Crippen LogP contribution in [0.5, 0.6) is 0 Å². The first-order valence-electron chi connectivity index (χ1n) is 7.29. The van der Waals surface area contributed by atoms with Gasteiger partial charge in [-0.3, -0.25) is 0 Å². The lowest BCUT2D eigenvalue weighted by atomic mass is 9.91. The summed E-state index contributed by atoms with van der Waals surface area (Å²) in [5, 5.41) is 3.35. The van der Waals surface area contributed by atoms with E-state index in [0.29, 0.717) is 5.56 Å². The molecule has 0 aliphatic carbocycles. The van der Waals surface area contributed by atoms with Crippen LogP contribution in [-0.2, 0) is 0 Å². The van der Waals surface area contributed by atoms with Crippen LogP contribution in [0.3, 0.4) is 0 Å². The number of hydrogen-bond donors (Lipinski definition) is 1. The highest BCUT2D eigenvalue weighted by Gasteiger charge is 2.21. The van der Waals surface area contributed by atoms with E-state index in [2.05, 4.69) is 12.2 Å². The quantitative estimate of drug-likeness (QED) is 0.843. The molecule has 0 spiro atoms. The first kappa shape index (κ1) is 15.6. The predicted octanol–water partition coefficient (Wildman–Crippen LogP) is 4.67. The van der Waals surface area contributed by atoms with Crippen LogP contribution in [0, 0.1) is 25.5 Å². The molecule has 1 N–H and O–H groups in total. The average molecular weight is 289 g/mol. The Morgan fingerprint density at radius 2 is 1.71 bits per heavy atom. The van der Waals surface area contributed by atoms with Crippen molar-refractivity contribution in [3.63, 3.8) is 0 Å². The van der Waals surface area contributed by atoms with Gasteiger partial charge in [-0.1, -0.05) is 25.1 Å². The normalized spacial score (nSPS) is 12.4. The van der Waals surface area contributed by atoms with Crippen molar-refractivity contribution in [2.45, 2.75) is 33.2 Å². The highest BCUT2D eigenvalue weighted by molar-refractivity contribution is 5.42. The Morgan fingerprint density at radius 3 is 2.33 bits per heavy atom. The van der Waals surface area contributed by atoms with Crippen molar-refractivity contribution in [3.8, 4) is 0 Å². The first-order chi connectivity index (χ1) is 10.0. The predicted molar refractivity (Wildman–Crippen MR) is 82.4 cm³/mol. The summed E-state index contributed by atoms with van der Waals surface area (Å²) in [7, 11) is 0. The third kappa shape index (κ3) is 3.48. The summed E-state index contributed by atoms with van der Waals surface area (Å²) < 4.78 is 27.7. The van der Waals surface area contributed by atoms with Crippen LogP contribution < -0.4 is 5.32 Å². The maximum Gasteiger partial charge on any atom is 0.128 e. The minimum Gasteiger partial charge on any atom is -0.306 e. The molecule has 0 aliphatic rings. The van der Waals surface area contributed by atoms with E-state index in [1.165, 1.54) is 12.1 Å². The average Bonchev–Trinajstić information content (AvgIpc) is 2.45. The molecule has 0 bridgehead atoms. The smallest absolute Gasteiger partial charge is 0.128 e. The number of hydrogen-bond acceptors (Lipinski definition) is 1. The molecule has 112 valence electrons. The van der Waals surface area contributed by atoms with Gasteiger partial charge >= 0.3 is 0 Å². The van der Waals surface area contributed by atoms with E-state index in [1.54, 1.807) is 0 Å². The Morgan fingerprint density at radius 1 is 1.05 bits per heavy atom. The molecular weight excluding hydrogens is 268 g/mol. The maximum atomic E-state index is 14.2. The summed E-state index contributed by atoms with van der Waals surface area (Å²) in [6.45, 7) is 6.80. The molecule has 1 unspecified atom stereocenters. The lowest BCUT2D eigenvalue weighted by Crippen LogP contribution is -2.25. The van der Waals surface area contributed by atoms with Gasteiger partial charge in [0.05, 0.1) is 6.04 Å². The standard InChI is InChI=1S/C18H21F2N/c1-4-10-21-18(15-11-14(19)8-9-16(15)20)17-12(2)6-5-7-13(17)3/h5-9,11,18,21H,4,10H2,1-3H3. The number of rotatable bonds is 5. The second-order valence-corrected chi connectivity index (χ2v) is 5.36. The maximum absolute atomic E-state index is 14.2. The minimum atomic E-state index is -0.416. The molecule has 2 aromatic carbocycles. The fourth-order valence-corrected chi connectivity index (χ4v) is 2.67. The summed E-state index contributed by atoms with van der Waals surface area (Å²) in [5.74, 6) is -0.798. The van der Waals surface area contributed by atoms with Crippen LogP contribution in [0.15, 0.2) is 36.4 Å². The Kier molecular flexibility index (Phi) is 5.07. The van der Waals surface area contributed by atoms with Gasteiger partial charge in [0, 0.05) is 5.56 Å². The highest BCUT2D eigenvalue weighted by Crippen LogP contribution is 2.30. The zero-order valence-electron chi connectivity index (χ0n) is 12.7. The van der Waals surface area contributed by atoms with Crippen LogP contribution in [0.25, 0.3) is 0 Å². The van der Waals surface area contributed by atoms with Crippen molar-refractivity contribution in [3.05, 3.63) is 70.3 Å². The molecule has 0 saturated heterocycles. The molecule has 21 heavy (non-hydrogen) atoms. The first-order valence-corrected chi connectivity index (χ1v) is 7.29. The molecule has 0 radical (unpaired) electrons. The molecule has 0 saturated carbocycles. The molecule has 0 fully saturated rings. The van der Waals surface area contributed by atoms with Gasteiger partial charge in [0.15, 0.2) is 0 Å². The third-order valence-corrected chi connectivity index (χ3v) is 3.70. The molecule has 0 amide bonds. The van der Waals surface area contributed by atoms with Crippen molar-refractivity contribution >= 4 is 0 Å². The van der Waals surface area contributed by atoms with Gasteiger partial charge in [0.2, 0.25) is 0 Å². The van der Waals surface area contributed by atoms with Crippen LogP contribution in [0.1, 0.15) is 41.6 Å². The van der Waals surface area contributed by atoms with Crippen LogP contribution in [0.2, 0.25) is 0 Å². The van der Waals surface area contributed by atoms with Gasteiger partial charge in [-0.2, -0.15) is 0 Å². The molecule has 3 heteroatoms. The third-order valence-electron chi connectivity index (χ3n) is 3.70. The number of nitrogens with one attached hydrogen (secondary N) is 1. The molecule has 1 nitrogen and oxygen atoms in total. The fourth-order valence-electron chi connectivity index (χ4n) is 2.67. The number of benzene rings is 2. The minimum absolute atomic E-state index is 0.332. The SMILES string of the molecule is CCCNC(c1cc(F)ccc1F)c1c(C)cccc1C. The lowest BCUT2D eigenvalue weighted by Gasteiger charge is -2.24.